The van der Waals surface area contributed by atoms with Gasteiger partial charge in [0.15, 0.2) is 0 Å². The van der Waals surface area contributed by atoms with Crippen LogP contribution in [0.1, 0.15) is 17.2 Å². The van der Waals surface area contributed by atoms with Crippen LogP contribution >= 0.6 is 57.4 Å². The molecule has 0 aliphatic rings. The smallest absolute Gasteiger partial charge is 0.138 e. The van der Waals surface area contributed by atoms with Crippen molar-refractivity contribution < 1.29 is 4.74 Å². The van der Waals surface area contributed by atoms with Crippen molar-refractivity contribution in [3.63, 3.8) is 0 Å². The molecule has 1 unspecified atom stereocenters. The molecule has 21 heavy (non-hydrogen) atoms. The number of methoxy groups -OCH3 is 1. The molecule has 2 aromatic rings. The highest BCUT2D eigenvalue weighted by molar-refractivity contribution is 14.1. The summed E-state index contributed by atoms with van der Waals surface area (Å²) in [7, 11) is 3.43. The summed E-state index contributed by atoms with van der Waals surface area (Å²) in [6.07, 6.45) is 0. The summed E-state index contributed by atoms with van der Waals surface area (Å²) in [5, 5.41) is 5.05. The molecular weight excluding hydrogens is 443 g/mol. The Morgan fingerprint density at radius 1 is 1.05 bits per heavy atom. The van der Waals surface area contributed by atoms with E-state index >= 15 is 0 Å². The van der Waals surface area contributed by atoms with Crippen molar-refractivity contribution >= 4 is 57.4 Å². The van der Waals surface area contributed by atoms with Crippen molar-refractivity contribution in [1.82, 2.24) is 5.32 Å². The Morgan fingerprint density at radius 2 is 1.76 bits per heavy atom. The van der Waals surface area contributed by atoms with Crippen molar-refractivity contribution in [3.05, 3.63) is 60.1 Å². The summed E-state index contributed by atoms with van der Waals surface area (Å²) in [5.41, 5.74) is 1.93. The van der Waals surface area contributed by atoms with Crippen molar-refractivity contribution in [2.24, 2.45) is 0 Å². The minimum Gasteiger partial charge on any atom is -0.495 e. The summed E-state index contributed by atoms with van der Waals surface area (Å²) >= 11 is 21.0. The molecule has 1 atom stereocenters. The molecule has 2 nitrogen and oxygen atoms in total. The lowest BCUT2D eigenvalue weighted by Gasteiger charge is -2.21. The number of rotatable bonds is 4. The van der Waals surface area contributed by atoms with Crippen LogP contribution in [0, 0.1) is 3.57 Å². The van der Waals surface area contributed by atoms with Crippen molar-refractivity contribution in [2.75, 3.05) is 14.2 Å². The van der Waals surface area contributed by atoms with Gasteiger partial charge in [0, 0.05) is 19.7 Å². The molecule has 6 heteroatoms. The molecular formula is C15H13Cl3INO. The zero-order chi connectivity index (χ0) is 15.6. The normalized spacial score (nSPS) is 12.3. The third kappa shape index (κ3) is 3.77. The van der Waals surface area contributed by atoms with Gasteiger partial charge in [-0.05, 0) is 65.0 Å². The number of benzene rings is 2. The summed E-state index contributed by atoms with van der Waals surface area (Å²) in [6, 6.07) is 9.20. The molecule has 0 radical (unpaired) electrons. The van der Waals surface area contributed by atoms with Gasteiger partial charge in [-0.15, -0.1) is 0 Å². The van der Waals surface area contributed by atoms with Crippen LogP contribution in [0.3, 0.4) is 0 Å². The maximum Gasteiger partial charge on any atom is 0.138 e. The van der Waals surface area contributed by atoms with E-state index in [1.807, 2.05) is 31.3 Å². The van der Waals surface area contributed by atoms with Gasteiger partial charge in [0.1, 0.15) is 5.75 Å². The van der Waals surface area contributed by atoms with Crippen LogP contribution < -0.4 is 10.1 Å². The number of hydrogen-bond acceptors (Lipinski definition) is 2. The van der Waals surface area contributed by atoms with Crippen LogP contribution in [0.15, 0.2) is 30.3 Å². The fourth-order valence-corrected chi connectivity index (χ4v) is 3.48. The second-order valence-corrected chi connectivity index (χ2v) is 6.81. The molecule has 0 amide bonds. The van der Waals surface area contributed by atoms with Gasteiger partial charge in [0.05, 0.1) is 18.2 Å². The summed E-state index contributed by atoms with van der Waals surface area (Å²) in [5.74, 6) is 0.557. The predicted molar refractivity (Wildman–Crippen MR) is 98.1 cm³/mol. The molecule has 112 valence electrons. The molecule has 2 rings (SSSR count). The van der Waals surface area contributed by atoms with Gasteiger partial charge < -0.3 is 10.1 Å². The van der Waals surface area contributed by atoms with E-state index in [-0.39, 0.29) is 6.04 Å². The second kappa shape index (κ2) is 7.38. The van der Waals surface area contributed by atoms with Gasteiger partial charge in [-0.25, -0.2) is 0 Å². The SMILES string of the molecule is CNC(c1cc(Cl)c(OC)cc1Cl)c1cc(Cl)ccc1I. The minimum absolute atomic E-state index is 0.105. The Morgan fingerprint density at radius 3 is 2.38 bits per heavy atom. The van der Waals surface area contributed by atoms with E-state index in [2.05, 4.69) is 27.9 Å². The molecule has 0 saturated carbocycles. The van der Waals surface area contributed by atoms with Crippen molar-refractivity contribution in [2.45, 2.75) is 6.04 Å². The third-order valence-corrected chi connectivity index (χ3v) is 4.98. The van der Waals surface area contributed by atoms with Crippen LogP contribution in [-0.4, -0.2) is 14.2 Å². The number of nitrogens with one attached hydrogen (secondary N) is 1. The zero-order valence-corrected chi connectivity index (χ0v) is 15.8. The highest BCUT2D eigenvalue weighted by Crippen LogP contribution is 2.37. The fourth-order valence-electron chi connectivity index (χ4n) is 2.14. The lowest BCUT2D eigenvalue weighted by atomic mass is 9.98. The van der Waals surface area contributed by atoms with Crippen LogP contribution in [0.25, 0.3) is 0 Å². The largest absolute Gasteiger partial charge is 0.495 e. The Kier molecular flexibility index (Phi) is 6.03. The molecule has 2 aromatic carbocycles. The first-order chi connectivity index (χ1) is 9.97. The van der Waals surface area contributed by atoms with Crippen LogP contribution in [0.4, 0.5) is 0 Å². The zero-order valence-electron chi connectivity index (χ0n) is 11.4. The maximum absolute atomic E-state index is 6.38. The van der Waals surface area contributed by atoms with Gasteiger partial charge in [-0.1, -0.05) is 34.8 Å². The van der Waals surface area contributed by atoms with E-state index in [0.717, 1.165) is 14.7 Å². The Bertz CT molecular complexity index is 664. The summed E-state index contributed by atoms with van der Waals surface area (Å²) in [4.78, 5) is 0. The first-order valence-corrected chi connectivity index (χ1v) is 8.34. The standard InChI is InChI=1S/C15H13Cl3INO/c1-20-15(10-5-8(16)3-4-13(10)19)9-6-12(18)14(21-2)7-11(9)17/h3-7,15,20H,1-2H3. The molecule has 0 aromatic heterocycles. The summed E-state index contributed by atoms with van der Waals surface area (Å²) in [6.45, 7) is 0. The average molecular weight is 457 g/mol. The lowest BCUT2D eigenvalue weighted by molar-refractivity contribution is 0.415. The predicted octanol–water partition coefficient (Wildman–Crippen LogP) is 5.57. The van der Waals surface area contributed by atoms with Crippen LogP contribution in [0.2, 0.25) is 15.1 Å². The van der Waals surface area contributed by atoms with Gasteiger partial charge in [-0.2, -0.15) is 0 Å². The van der Waals surface area contributed by atoms with Gasteiger partial charge in [-0.3, -0.25) is 0 Å². The number of halogens is 4. The maximum atomic E-state index is 6.38. The Balaban J connectivity index is 2.56. The van der Waals surface area contributed by atoms with E-state index in [0.29, 0.717) is 20.8 Å². The first-order valence-electron chi connectivity index (χ1n) is 6.13. The van der Waals surface area contributed by atoms with Crippen LogP contribution in [-0.2, 0) is 0 Å². The Hall–Kier alpha value is -0.200. The van der Waals surface area contributed by atoms with E-state index < -0.39 is 0 Å². The first kappa shape index (κ1) is 17.2. The molecule has 0 heterocycles. The molecule has 1 N–H and O–H groups in total. The minimum atomic E-state index is -0.105. The Labute approximate surface area is 152 Å². The molecule has 0 aliphatic carbocycles. The molecule has 0 saturated heterocycles. The average Bonchev–Trinajstić information content (AvgIpc) is 2.46. The quantitative estimate of drug-likeness (QED) is 0.608. The number of ether oxygens (including phenoxy) is 1. The molecule has 0 fully saturated rings. The molecule has 0 bridgehead atoms. The highest BCUT2D eigenvalue weighted by Gasteiger charge is 2.20. The van der Waals surface area contributed by atoms with Gasteiger partial charge in [0.25, 0.3) is 0 Å². The highest BCUT2D eigenvalue weighted by atomic mass is 127. The van der Waals surface area contributed by atoms with Crippen molar-refractivity contribution in [3.8, 4) is 5.75 Å². The summed E-state index contributed by atoms with van der Waals surface area (Å²) < 4.78 is 6.28. The monoisotopic (exact) mass is 455 g/mol. The molecule has 0 aliphatic heterocycles. The van der Waals surface area contributed by atoms with E-state index in [1.165, 1.54) is 0 Å². The van der Waals surface area contributed by atoms with Crippen LogP contribution in [0.5, 0.6) is 5.75 Å². The lowest BCUT2D eigenvalue weighted by Crippen LogP contribution is -2.19. The molecule has 0 spiro atoms. The van der Waals surface area contributed by atoms with E-state index in [1.54, 1.807) is 13.2 Å². The number of hydrogen-bond donors (Lipinski definition) is 1. The topological polar surface area (TPSA) is 21.3 Å². The van der Waals surface area contributed by atoms with Crippen molar-refractivity contribution in [1.29, 1.82) is 0 Å². The third-order valence-electron chi connectivity index (χ3n) is 3.14. The fraction of sp³-hybridized carbons (Fsp3) is 0.200. The second-order valence-electron chi connectivity index (χ2n) is 4.40. The van der Waals surface area contributed by atoms with Gasteiger partial charge >= 0.3 is 0 Å². The van der Waals surface area contributed by atoms with E-state index in [4.69, 9.17) is 39.5 Å². The van der Waals surface area contributed by atoms with E-state index in [9.17, 15) is 0 Å². The van der Waals surface area contributed by atoms with Gasteiger partial charge in [0.2, 0.25) is 0 Å².